The van der Waals surface area contributed by atoms with Gasteiger partial charge in [0.15, 0.2) is 11.5 Å². The van der Waals surface area contributed by atoms with E-state index in [1.54, 1.807) is 14.2 Å². The highest BCUT2D eigenvalue weighted by atomic mass is 16.5. The van der Waals surface area contributed by atoms with Crippen molar-refractivity contribution in [3.8, 4) is 11.5 Å². The number of ether oxygens (including phenoxy) is 2. The van der Waals surface area contributed by atoms with Crippen LogP contribution in [0.4, 0.5) is 0 Å². The lowest BCUT2D eigenvalue weighted by Gasteiger charge is -2.34. The minimum absolute atomic E-state index is 0.723. The predicted octanol–water partition coefficient (Wildman–Crippen LogP) is 5.13. The summed E-state index contributed by atoms with van der Waals surface area (Å²) in [6.45, 7) is 7.29. The molecule has 1 aromatic rings. The van der Waals surface area contributed by atoms with Gasteiger partial charge in [-0.25, -0.2) is 0 Å². The lowest BCUT2D eigenvalue weighted by atomic mass is 9.84. The number of hydrogen-bond donors (Lipinski definition) is 0. The third-order valence-electron chi connectivity index (χ3n) is 4.90. The first-order valence-corrected chi connectivity index (χ1v) is 9.09. The van der Waals surface area contributed by atoms with Crippen LogP contribution in [0.15, 0.2) is 18.2 Å². The van der Waals surface area contributed by atoms with Gasteiger partial charge in [-0.15, -0.1) is 0 Å². The fraction of sp³-hybridized carbons (Fsp3) is 0.700. The highest BCUT2D eigenvalue weighted by Crippen LogP contribution is 2.31. The first kappa shape index (κ1) is 19.8. The first-order valence-electron chi connectivity index (χ1n) is 9.09. The van der Waals surface area contributed by atoms with Crippen LogP contribution in [-0.2, 0) is 6.54 Å². The van der Waals surface area contributed by atoms with Crippen molar-refractivity contribution in [3.63, 3.8) is 0 Å². The Morgan fingerprint density at radius 1 is 1.00 bits per heavy atom. The summed E-state index contributed by atoms with van der Waals surface area (Å²) < 4.78 is 10.7. The van der Waals surface area contributed by atoms with Crippen LogP contribution in [0.3, 0.4) is 0 Å². The summed E-state index contributed by atoms with van der Waals surface area (Å²) >= 11 is 0. The molecule has 0 saturated heterocycles. The maximum Gasteiger partial charge on any atom is 0.161 e. The summed E-state index contributed by atoms with van der Waals surface area (Å²) in [6.07, 6.45) is 6.78. The average Bonchev–Trinajstić information content (AvgIpc) is 2.63. The Bertz CT molecular complexity index is 439. The first-order chi connectivity index (χ1) is 11.2. The van der Waals surface area contributed by atoms with Crippen molar-refractivity contribution in [1.82, 2.24) is 4.90 Å². The van der Waals surface area contributed by atoms with Crippen molar-refractivity contribution in [2.45, 2.75) is 65.5 Å². The van der Waals surface area contributed by atoms with Gasteiger partial charge in [-0.2, -0.15) is 0 Å². The molecular formula is C20H35NO2. The van der Waals surface area contributed by atoms with E-state index >= 15 is 0 Å². The van der Waals surface area contributed by atoms with Crippen molar-refractivity contribution in [1.29, 1.82) is 0 Å². The second-order valence-corrected chi connectivity index (χ2v) is 6.19. The minimum atomic E-state index is 0.723. The number of methoxy groups -OCH3 is 2. The van der Waals surface area contributed by atoms with E-state index in [1.165, 1.54) is 37.7 Å². The number of rotatable bonds is 6. The molecule has 1 aliphatic rings. The summed E-state index contributed by atoms with van der Waals surface area (Å²) in [5.41, 5.74) is 1.28. The molecule has 3 heteroatoms. The second-order valence-electron chi connectivity index (χ2n) is 6.19. The van der Waals surface area contributed by atoms with E-state index in [4.69, 9.17) is 9.47 Å². The average molecular weight is 322 g/mol. The Balaban J connectivity index is 0.00000127. The van der Waals surface area contributed by atoms with Gasteiger partial charge in [-0.1, -0.05) is 33.3 Å². The topological polar surface area (TPSA) is 21.7 Å². The molecule has 0 radical (unpaired) electrons. The van der Waals surface area contributed by atoms with E-state index in [-0.39, 0.29) is 0 Å². The zero-order valence-corrected chi connectivity index (χ0v) is 15.9. The van der Waals surface area contributed by atoms with Gasteiger partial charge >= 0.3 is 0 Å². The third-order valence-corrected chi connectivity index (χ3v) is 4.90. The van der Waals surface area contributed by atoms with Crippen molar-refractivity contribution < 1.29 is 9.47 Å². The Morgan fingerprint density at radius 3 is 2.13 bits per heavy atom. The van der Waals surface area contributed by atoms with Crippen LogP contribution < -0.4 is 9.47 Å². The molecule has 23 heavy (non-hydrogen) atoms. The standard InChI is InChI=1S/C18H29NO2.C2H6/c1-5-14-6-9-16(10-7-14)19(2)13-15-8-11-17(20-3)18(12-15)21-4;1-2/h8,11-12,14,16H,5-7,9-10,13H2,1-4H3;1-2H3. The summed E-state index contributed by atoms with van der Waals surface area (Å²) in [6, 6.07) is 6.94. The van der Waals surface area contributed by atoms with Crippen LogP contribution >= 0.6 is 0 Å². The normalized spacial score (nSPS) is 20.7. The molecule has 0 N–H and O–H groups in total. The Hall–Kier alpha value is -1.22. The van der Waals surface area contributed by atoms with Gasteiger partial charge < -0.3 is 9.47 Å². The van der Waals surface area contributed by atoms with E-state index in [9.17, 15) is 0 Å². The van der Waals surface area contributed by atoms with Crippen molar-refractivity contribution in [2.24, 2.45) is 5.92 Å². The van der Waals surface area contributed by atoms with E-state index in [0.29, 0.717) is 0 Å². The lowest BCUT2D eigenvalue weighted by Crippen LogP contribution is -2.34. The zero-order valence-electron chi connectivity index (χ0n) is 15.9. The minimum Gasteiger partial charge on any atom is -0.493 e. The molecule has 1 aromatic carbocycles. The predicted molar refractivity (Wildman–Crippen MR) is 98.4 cm³/mol. The van der Waals surface area contributed by atoms with Gasteiger partial charge in [-0.05, 0) is 56.3 Å². The highest BCUT2D eigenvalue weighted by molar-refractivity contribution is 5.42. The molecule has 1 aliphatic carbocycles. The maximum atomic E-state index is 5.39. The summed E-state index contributed by atoms with van der Waals surface area (Å²) in [5.74, 6) is 2.57. The van der Waals surface area contributed by atoms with E-state index in [1.807, 2.05) is 19.9 Å². The van der Waals surface area contributed by atoms with E-state index in [0.717, 1.165) is 30.0 Å². The molecule has 0 amide bonds. The molecule has 0 aliphatic heterocycles. The molecule has 0 heterocycles. The SMILES string of the molecule is CC.CCC1CCC(N(C)Cc2ccc(OC)c(OC)c2)CC1. The number of benzene rings is 1. The van der Waals surface area contributed by atoms with Gasteiger partial charge in [0, 0.05) is 12.6 Å². The smallest absolute Gasteiger partial charge is 0.161 e. The van der Waals surface area contributed by atoms with E-state index < -0.39 is 0 Å². The third kappa shape index (κ3) is 5.72. The van der Waals surface area contributed by atoms with Gasteiger partial charge in [0.1, 0.15) is 0 Å². The Labute approximate surface area is 143 Å². The lowest BCUT2D eigenvalue weighted by molar-refractivity contribution is 0.157. The Morgan fingerprint density at radius 2 is 1.61 bits per heavy atom. The highest BCUT2D eigenvalue weighted by Gasteiger charge is 2.23. The fourth-order valence-electron chi connectivity index (χ4n) is 3.39. The molecule has 2 rings (SSSR count). The van der Waals surface area contributed by atoms with Gasteiger partial charge in [-0.3, -0.25) is 4.90 Å². The molecule has 0 aromatic heterocycles. The largest absolute Gasteiger partial charge is 0.493 e. The second kappa shape index (κ2) is 10.5. The molecule has 0 spiro atoms. The van der Waals surface area contributed by atoms with Crippen LogP contribution in [-0.4, -0.2) is 32.2 Å². The monoisotopic (exact) mass is 321 g/mol. The molecule has 0 unspecified atom stereocenters. The number of hydrogen-bond acceptors (Lipinski definition) is 3. The molecular weight excluding hydrogens is 286 g/mol. The van der Waals surface area contributed by atoms with Gasteiger partial charge in [0.05, 0.1) is 14.2 Å². The quantitative estimate of drug-likeness (QED) is 0.725. The molecule has 0 atom stereocenters. The number of nitrogens with zero attached hydrogens (tertiary/aromatic N) is 1. The van der Waals surface area contributed by atoms with Crippen LogP contribution in [0.1, 0.15) is 58.4 Å². The van der Waals surface area contributed by atoms with Crippen LogP contribution in [0.25, 0.3) is 0 Å². The van der Waals surface area contributed by atoms with Gasteiger partial charge in [0.2, 0.25) is 0 Å². The molecule has 3 nitrogen and oxygen atoms in total. The van der Waals surface area contributed by atoms with Crippen molar-refractivity contribution >= 4 is 0 Å². The van der Waals surface area contributed by atoms with Crippen LogP contribution in [0.2, 0.25) is 0 Å². The van der Waals surface area contributed by atoms with E-state index in [2.05, 4.69) is 31.0 Å². The maximum absolute atomic E-state index is 5.39. The molecule has 1 fully saturated rings. The molecule has 1 saturated carbocycles. The van der Waals surface area contributed by atoms with Crippen molar-refractivity contribution in [2.75, 3.05) is 21.3 Å². The Kier molecular flexibility index (Phi) is 9.08. The zero-order chi connectivity index (χ0) is 17.2. The summed E-state index contributed by atoms with van der Waals surface area (Å²) in [7, 11) is 5.61. The van der Waals surface area contributed by atoms with Gasteiger partial charge in [0.25, 0.3) is 0 Å². The fourth-order valence-corrected chi connectivity index (χ4v) is 3.39. The summed E-state index contributed by atoms with van der Waals surface area (Å²) in [4.78, 5) is 2.49. The molecule has 132 valence electrons. The van der Waals surface area contributed by atoms with Crippen LogP contribution in [0.5, 0.6) is 11.5 Å². The molecule has 0 bridgehead atoms. The van der Waals surface area contributed by atoms with Crippen molar-refractivity contribution in [3.05, 3.63) is 23.8 Å². The summed E-state index contributed by atoms with van der Waals surface area (Å²) in [5, 5.41) is 0. The van der Waals surface area contributed by atoms with Crippen LogP contribution in [0, 0.1) is 5.92 Å².